The van der Waals surface area contributed by atoms with Gasteiger partial charge >= 0.3 is 0 Å². The number of likely N-dealkylation sites (tertiary alicyclic amines) is 1. The third-order valence-corrected chi connectivity index (χ3v) is 4.23. The van der Waals surface area contributed by atoms with E-state index in [1.807, 2.05) is 0 Å². The fraction of sp³-hybridized carbons (Fsp3) is 0.263. The zero-order valence-electron chi connectivity index (χ0n) is 13.5. The van der Waals surface area contributed by atoms with E-state index in [4.69, 9.17) is 0 Å². The molecule has 6 heteroatoms. The van der Waals surface area contributed by atoms with Gasteiger partial charge < -0.3 is 10.2 Å². The summed E-state index contributed by atoms with van der Waals surface area (Å²) in [6.07, 6.45) is 0.149. The van der Waals surface area contributed by atoms with Crippen molar-refractivity contribution >= 4 is 11.8 Å². The molecule has 1 N–H and O–H groups in total. The van der Waals surface area contributed by atoms with Crippen LogP contribution in [0.1, 0.15) is 17.5 Å². The monoisotopic (exact) mass is 344 g/mol. The molecule has 130 valence electrons. The fourth-order valence-corrected chi connectivity index (χ4v) is 2.89. The predicted octanol–water partition coefficient (Wildman–Crippen LogP) is 2.63. The minimum Gasteiger partial charge on any atom is -0.352 e. The molecule has 0 aromatic heterocycles. The number of hydrogen-bond donors (Lipinski definition) is 1. The van der Waals surface area contributed by atoms with Crippen LogP contribution in [-0.2, 0) is 22.7 Å². The number of benzene rings is 2. The van der Waals surface area contributed by atoms with Gasteiger partial charge in [-0.1, -0.05) is 24.3 Å². The molecule has 4 nitrogen and oxygen atoms in total. The number of nitrogens with zero attached hydrogens (tertiary/aromatic N) is 1. The topological polar surface area (TPSA) is 49.4 Å². The average molecular weight is 344 g/mol. The summed E-state index contributed by atoms with van der Waals surface area (Å²) in [6.45, 7) is 0.900. The first kappa shape index (κ1) is 17.1. The van der Waals surface area contributed by atoms with Gasteiger partial charge in [0.05, 0.1) is 5.92 Å². The van der Waals surface area contributed by atoms with Crippen LogP contribution in [0.25, 0.3) is 0 Å². The summed E-state index contributed by atoms with van der Waals surface area (Å²) in [4.78, 5) is 26.0. The highest BCUT2D eigenvalue weighted by molar-refractivity contribution is 5.89. The fourth-order valence-electron chi connectivity index (χ4n) is 2.89. The number of carbonyl (C=O) groups is 2. The van der Waals surface area contributed by atoms with Crippen LogP contribution in [-0.4, -0.2) is 23.3 Å². The molecule has 0 saturated carbocycles. The molecule has 2 aromatic rings. The van der Waals surface area contributed by atoms with Crippen molar-refractivity contribution in [2.45, 2.75) is 19.5 Å². The van der Waals surface area contributed by atoms with Gasteiger partial charge in [-0.15, -0.1) is 0 Å². The second kappa shape index (κ2) is 7.42. The van der Waals surface area contributed by atoms with E-state index in [0.717, 1.165) is 5.56 Å². The maximum atomic E-state index is 13.1. The van der Waals surface area contributed by atoms with Gasteiger partial charge in [-0.3, -0.25) is 9.59 Å². The minimum atomic E-state index is -0.429. The van der Waals surface area contributed by atoms with Crippen molar-refractivity contribution in [2.75, 3.05) is 6.54 Å². The van der Waals surface area contributed by atoms with Crippen LogP contribution in [0.3, 0.4) is 0 Å². The minimum absolute atomic E-state index is 0.102. The lowest BCUT2D eigenvalue weighted by Crippen LogP contribution is -2.32. The Labute approximate surface area is 144 Å². The molecule has 0 spiro atoms. The molecule has 1 heterocycles. The summed E-state index contributed by atoms with van der Waals surface area (Å²) in [5.74, 6) is -1.43. The van der Waals surface area contributed by atoms with Gasteiger partial charge in [0.2, 0.25) is 11.8 Å². The lowest BCUT2D eigenvalue weighted by molar-refractivity contribution is -0.129. The summed E-state index contributed by atoms with van der Waals surface area (Å²) in [7, 11) is 0. The highest BCUT2D eigenvalue weighted by atomic mass is 19.1. The number of amides is 2. The van der Waals surface area contributed by atoms with Crippen LogP contribution in [0.5, 0.6) is 0 Å². The quantitative estimate of drug-likeness (QED) is 0.906. The molecule has 25 heavy (non-hydrogen) atoms. The van der Waals surface area contributed by atoms with Crippen LogP contribution in [0, 0.1) is 17.6 Å². The second-order valence-electron chi connectivity index (χ2n) is 6.15. The number of nitrogens with one attached hydrogen (secondary N) is 1. The zero-order chi connectivity index (χ0) is 17.8. The van der Waals surface area contributed by atoms with Crippen molar-refractivity contribution in [1.29, 1.82) is 0 Å². The molecule has 0 unspecified atom stereocenters. The zero-order valence-corrected chi connectivity index (χ0v) is 13.5. The van der Waals surface area contributed by atoms with E-state index in [9.17, 15) is 18.4 Å². The smallest absolute Gasteiger partial charge is 0.225 e. The highest BCUT2D eigenvalue weighted by Crippen LogP contribution is 2.20. The molecule has 1 fully saturated rings. The molecule has 1 atom stereocenters. The first-order valence-electron chi connectivity index (χ1n) is 8.05. The van der Waals surface area contributed by atoms with E-state index in [0.29, 0.717) is 18.7 Å². The van der Waals surface area contributed by atoms with Crippen LogP contribution in [0.2, 0.25) is 0 Å². The van der Waals surface area contributed by atoms with Crippen molar-refractivity contribution in [2.24, 2.45) is 5.92 Å². The Kier molecular flexibility index (Phi) is 5.07. The Morgan fingerprint density at radius 1 is 1.08 bits per heavy atom. The van der Waals surface area contributed by atoms with E-state index < -0.39 is 5.92 Å². The van der Waals surface area contributed by atoms with Crippen molar-refractivity contribution in [1.82, 2.24) is 10.2 Å². The van der Waals surface area contributed by atoms with Crippen molar-refractivity contribution in [3.8, 4) is 0 Å². The number of hydrogen-bond acceptors (Lipinski definition) is 2. The van der Waals surface area contributed by atoms with Gasteiger partial charge in [0, 0.05) is 26.1 Å². The molecule has 3 rings (SSSR count). The molecule has 0 aliphatic carbocycles. The number of carbonyl (C=O) groups excluding carboxylic acids is 2. The van der Waals surface area contributed by atoms with Gasteiger partial charge in [-0.2, -0.15) is 0 Å². The van der Waals surface area contributed by atoms with Gasteiger partial charge in [-0.05, 0) is 35.4 Å². The maximum absolute atomic E-state index is 13.1. The van der Waals surface area contributed by atoms with Crippen molar-refractivity contribution in [3.05, 3.63) is 71.3 Å². The third-order valence-electron chi connectivity index (χ3n) is 4.23. The van der Waals surface area contributed by atoms with Gasteiger partial charge in [0.15, 0.2) is 0 Å². The SMILES string of the molecule is O=C(NCc1cccc(F)c1)[C@@H]1CC(=O)N(Cc2ccc(F)cc2)C1. The van der Waals surface area contributed by atoms with E-state index in [1.54, 1.807) is 29.2 Å². The van der Waals surface area contributed by atoms with Crippen LogP contribution >= 0.6 is 0 Å². The molecule has 0 radical (unpaired) electrons. The Hall–Kier alpha value is -2.76. The molecular weight excluding hydrogens is 326 g/mol. The molecule has 2 aromatic carbocycles. The summed E-state index contributed by atoms with van der Waals surface area (Å²) >= 11 is 0. The lowest BCUT2D eigenvalue weighted by atomic mass is 10.1. The first-order chi connectivity index (χ1) is 12.0. The second-order valence-corrected chi connectivity index (χ2v) is 6.15. The summed E-state index contributed by atoms with van der Waals surface area (Å²) in [5.41, 5.74) is 1.48. The van der Waals surface area contributed by atoms with Gasteiger partial charge in [0.1, 0.15) is 11.6 Å². The lowest BCUT2D eigenvalue weighted by Gasteiger charge is -2.16. The average Bonchev–Trinajstić information content (AvgIpc) is 2.96. The summed E-state index contributed by atoms with van der Waals surface area (Å²) in [6, 6.07) is 12.0. The van der Waals surface area contributed by atoms with Crippen LogP contribution in [0.4, 0.5) is 8.78 Å². The van der Waals surface area contributed by atoms with E-state index in [1.165, 1.54) is 24.3 Å². The first-order valence-corrected chi connectivity index (χ1v) is 8.05. The molecule has 0 bridgehead atoms. The number of halogens is 2. The number of rotatable bonds is 5. The van der Waals surface area contributed by atoms with Gasteiger partial charge in [-0.25, -0.2) is 8.78 Å². The Bertz CT molecular complexity index is 777. The Morgan fingerprint density at radius 3 is 2.56 bits per heavy atom. The molecule has 1 saturated heterocycles. The molecule has 1 aliphatic rings. The molecular formula is C19H18F2N2O2. The maximum Gasteiger partial charge on any atom is 0.225 e. The van der Waals surface area contributed by atoms with Crippen molar-refractivity contribution < 1.29 is 18.4 Å². The van der Waals surface area contributed by atoms with E-state index in [-0.39, 0.29) is 36.4 Å². The normalized spacial score (nSPS) is 17.0. The molecule has 2 amide bonds. The Balaban J connectivity index is 1.54. The summed E-state index contributed by atoms with van der Waals surface area (Å²) in [5, 5.41) is 2.75. The highest BCUT2D eigenvalue weighted by Gasteiger charge is 2.34. The predicted molar refractivity (Wildman–Crippen MR) is 88.2 cm³/mol. The standard InChI is InChI=1S/C19H18F2N2O2/c20-16-6-4-13(5-7-16)11-23-12-15(9-18(23)24)19(25)22-10-14-2-1-3-17(21)8-14/h1-8,15H,9-12H2,(H,22,25)/t15-/m1/s1. The van der Waals surface area contributed by atoms with Crippen molar-refractivity contribution in [3.63, 3.8) is 0 Å². The van der Waals surface area contributed by atoms with Gasteiger partial charge in [0.25, 0.3) is 0 Å². The molecule has 1 aliphatic heterocycles. The van der Waals surface area contributed by atoms with Crippen LogP contribution in [0.15, 0.2) is 48.5 Å². The summed E-state index contributed by atoms with van der Waals surface area (Å²) < 4.78 is 26.1. The van der Waals surface area contributed by atoms with Crippen LogP contribution < -0.4 is 5.32 Å². The largest absolute Gasteiger partial charge is 0.352 e. The van der Waals surface area contributed by atoms with E-state index >= 15 is 0 Å². The Morgan fingerprint density at radius 2 is 1.84 bits per heavy atom. The van der Waals surface area contributed by atoms with E-state index in [2.05, 4.69) is 5.32 Å². The third kappa shape index (κ3) is 4.41.